The molecule has 3 rings (SSSR count). The Bertz CT molecular complexity index is 848. The number of carbonyl (C=O) groups excluding carboxylic acids is 1. The van der Waals surface area contributed by atoms with E-state index in [2.05, 4.69) is 15.6 Å². The van der Waals surface area contributed by atoms with Gasteiger partial charge in [0.2, 0.25) is 0 Å². The Hall–Kier alpha value is -2.85. The van der Waals surface area contributed by atoms with Gasteiger partial charge in [-0.3, -0.25) is 4.79 Å². The Balaban J connectivity index is 1.68. The molecule has 2 N–H and O–H groups in total. The molecule has 0 atom stereocenters. The summed E-state index contributed by atoms with van der Waals surface area (Å²) in [5.74, 6) is 0.319. The van der Waals surface area contributed by atoms with E-state index in [-0.39, 0.29) is 5.91 Å². The zero-order valence-electron chi connectivity index (χ0n) is 13.1. The van der Waals surface area contributed by atoms with Gasteiger partial charge in [-0.05, 0) is 55.0 Å². The molecule has 0 aliphatic carbocycles. The van der Waals surface area contributed by atoms with E-state index in [0.29, 0.717) is 16.4 Å². The number of hydrogen-bond donors (Lipinski definition) is 2. The summed E-state index contributed by atoms with van der Waals surface area (Å²) in [6.45, 7) is 1.98. The highest BCUT2D eigenvalue weighted by Crippen LogP contribution is 2.23. The van der Waals surface area contributed by atoms with Crippen molar-refractivity contribution in [2.75, 3.05) is 10.6 Å². The fraction of sp³-hybridized carbons (Fsp3) is 0.0526. The maximum Gasteiger partial charge on any atom is 0.256 e. The van der Waals surface area contributed by atoms with Crippen molar-refractivity contribution in [2.45, 2.75) is 6.92 Å². The fourth-order valence-electron chi connectivity index (χ4n) is 2.24. The number of rotatable bonds is 4. The van der Waals surface area contributed by atoms with E-state index in [1.165, 1.54) is 0 Å². The average Bonchev–Trinajstić information content (AvgIpc) is 2.60. The quantitative estimate of drug-likeness (QED) is 0.701. The Kier molecular flexibility index (Phi) is 4.77. The van der Waals surface area contributed by atoms with E-state index in [1.54, 1.807) is 24.4 Å². The van der Waals surface area contributed by atoms with Crippen LogP contribution in [0.4, 0.5) is 17.2 Å². The topological polar surface area (TPSA) is 54.0 Å². The number of aromatic nitrogens is 1. The number of halogens is 1. The second kappa shape index (κ2) is 7.15. The average molecular weight is 338 g/mol. The van der Waals surface area contributed by atoms with Crippen LogP contribution in [0.3, 0.4) is 0 Å². The van der Waals surface area contributed by atoms with Crippen LogP contribution in [0.1, 0.15) is 15.9 Å². The maximum atomic E-state index is 12.1. The minimum Gasteiger partial charge on any atom is -0.354 e. The van der Waals surface area contributed by atoms with Crippen molar-refractivity contribution in [2.24, 2.45) is 0 Å². The molecule has 24 heavy (non-hydrogen) atoms. The first-order valence-corrected chi connectivity index (χ1v) is 7.85. The minimum atomic E-state index is -0.183. The summed E-state index contributed by atoms with van der Waals surface area (Å²) in [6.07, 6.45) is 1.68. The molecular formula is C19H16ClN3O. The van der Waals surface area contributed by atoms with E-state index in [9.17, 15) is 4.79 Å². The molecule has 2 aromatic carbocycles. The number of aryl methyl sites for hydroxylation is 1. The second-order valence-corrected chi connectivity index (χ2v) is 5.77. The van der Waals surface area contributed by atoms with Gasteiger partial charge in [-0.15, -0.1) is 0 Å². The largest absolute Gasteiger partial charge is 0.354 e. The van der Waals surface area contributed by atoms with Crippen molar-refractivity contribution in [3.63, 3.8) is 0 Å². The number of carbonyl (C=O) groups is 1. The second-order valence-electron chi connectivity index (χ2n) is 5.34. The predicted octanol–water partition coefficient (Wildman–Crippen LogP) is 5.04. The summed E-state index contributed by atoms with van der Waals surface area (Å²) < 4.78 is 0. The lowest BCUT2D eigenvalue weighted by Gasteiger charge is -2.10. The molecule has 0 aliphatic heterocycles. The maximum absolute atomic E-state index is 12.1. The summed E-state index contributed by atoms with van der Waals surface area (Å²) in [6, 6.07) is 18.3. The van der Waals surface area contributed by atoms with Crippen LogP contribution in [0.2, 0.25) is 5.02 Å². The summed E-state index contributed by atoms with van der Waals surface area (Å²) in [5.41, 5.74) is 3.43. The zero-order chi connectivity index (χ0) is 16.9. The van der Waals surface area contributed by atoms with Crippen LogP contribution < -0.4 is 10.6 Å². The first kappa shape index (κ1) is 16.0. The van der Waals surface area contributed by atoms with Gasteiger partial charge in [0.1, 0.15) is 5.82 Å². The first-order valence-electron chi connectivity index (χ1n) is 7.47. The standard InChI is InChI=1S/C19H16ClN3O/c1-13-11-15(20)7-9-17(13)22-16-8-10-18(21-12-16)23-19(24)14-5-3-2-4-6-14/h2-12,22H,1H3,(H,21,23,24). The van der Waals surface area contributed by atoms with E-state index < -0.39 is 0 Å². The zero-order valence-corrected chi connectivity index (χ0v) is 13.8. The van der Waals surface area contributed by atoms with Crippen molar-refractivity contribution in [3.05, 3.63) is 83.0 Å². The molecule has 4 nitrogen and oxygen atoms in total. The van der Waals surface area contributed by atoms with Crippen LogP contribution in [0.15, 0.2) is 66.9 Å². The third-order valence-corrected chi connectivity index (χ3v) is 3.74. The minimum absolute atomic E-state index is 0.183. The van der Waals surface area contributed by atoms with Crippen LogP contribution in [-0.2, 0) is 0 Å². The molecule has 0 saturated heterocycles. The Morgan fingerprint density at radius 1 is 1.04 bits per heavy atom. The van der Waals surface area contributed by atoms with Gasteiger partial charge in [0, 0.05) is 16.3 Å². The molecule has 0 bridgehead atoms. The van der Waals surface area contributed by atoms with Crippen LogP contribution in [-0.4, -0.2) is 10.9 Å². The van der Waals surface area contributed by atoms with Crippen molar-refractivity contribution < 1.29 is 4.79 Å². The summed E-state index contributed by atoms with van der Waals surface area (Å²) in [7, 11) is 0. The highest BCUT2D eigenvalue weighted by molar-refractivity contribution is 6.30. The van der Waals surface area contributed by atoms with Crippen molar-refractivity contribution in [1.29, 1.82) is 0 Å². The van der Waals surface area contributed by atoms with Crippen LogP contribution in [0, 0.1) is 6.92 Å². The lowest BCUT2D eigenvalue weighted by atomic mass is 10.2. The number of pyridine rings is 1. The van der Waals surface area contributed by atoms with Gasteiger partial charge < -0.3 is 10.6 Å². The SMILES string of the molecule is Cc1cc(Cl)ccc1Nc1ccc(NC(=O)c2ccccc2)nc1. The molecule has 0 fully saturated rings. The number of nitrogens with one attached hydrogen (secondary N) is 2. The number of amides is 1. The molecule has 0 spiro atoms. The van der Waals surface area contributed by atoms with E-state index in [0.717, 1.165) is 16.9 Å². The number of anilines is 3. The smallest absolute Gasteiger partial charge is 0.256 e. The molecular weight excluding hydrogens is 322 g/mol. The van der Waals surface area contributed by atoms with Crippen molar-refractivity contribution in [3.8, 4) is 0 Å². The molecule has 0 aliphatic rings. The van der Waals surface area contributed by atoms with Gasteiger partial charge in [0.25, 0.3) is 5.91 Å². The van der Waals surface area contributed by atoms with E-state index >= 15 is 0 Å². The molecule has 1 heterocycles. The van der Waals surface area contributed by atoms with Crippen LogP contribution >= 0.6 is 11.6 Å². The summed E-state index contributed by atoms with van der Waals surface area (Å²) in [4.78, 5) is 16.4. The predicted molar refractivity (Wildman–Crippen MR) is 98.1 cm³/mol. The van der Waals surface area contributed by atoms with E-state index in [1.807, 2.05) is 49.4 Å². The van der Waals surface area contributed by atoms with Gasteiger partial charge in [-0.1, -0.05) is 29.8 Å². The van der Waals surface area contributed by atoms with Crippen LogP contribution in [0.5, 0.6) is 0 Å². The molecule has 0 unspecified atom stereocenters. The number of benzene rings is 2. The molecule has 1 amide bonds. The number of nitrogens with zero attached hydrogens (tertiary/aromatic N) is 1. The summed E-state index contributed by atoms with van der Waals surface area (Å²) >= 11 is 5.96. The third kappa shape index (κ3) is 3.91. The third-order valence-electron chi connectivity index (χ3n) is 3.51. The highest BCUT2D eigenvalue weighted by atomic mass is 35.5. The fourth-order valence-corrected chi connectivity index (χ4v) is 2.47. The lowest BCUT2D eigenvalue weighted by Crippen LogP contribution is -2.12. The molecule has 5 heteroatoms. The lowest BCUT2D eigenvalue weighted by molar-refractivity contribution is 0.102. The van der Waals surface area contributed by atoms with Gasteiger partial charge >= 0.3 is 0 Å². The Morgan fingerprint density at radius 2 is 1.83 bits per heavy atom. The molecule has 1 aromatic heterocycles. The molecule has 120 valence electrons. The molecule has 3 aromatic rings. The molecule has 0 radical (unpaired) electrons. The van der Waals surface area contributed by atoms with Gasteiger partial charge in [-0.25, -0.2) is 4.98 Å². The van der Waals surface area contributed by atoms with Gasteiger partial charge in [-0.2, -0.15) is 0 Å². The van der Waals surface area contributed by atoms with Crippen LogP contribution in [0.25, 0.3) is 0 Å². The van der Waals surface area contributed by atoms with E-state index in [4.69, 9.17) is 11.6 Å². The van der Waals surface area contributed by atoms with Gasteiger partial charge in [0.15, 0.2) is 0 Å². The normalized spacial score (nSPS) is 10.2. The van der Waals surface area contributed by atoms with Gasteiger partial charge in [0.05, 0.1) is 11.9 Å². The monoisotopic (exact) mass is 337 g/mol. The van der Waals surface area contributed by atoms with Crippen molar-refractivity contribution in [1.82, 2.24) is 4.98 Å². The number of hydrogen-bond acceptors (Lipinski definition) is 3. The Labute approximate surface area is 145 Å². The van der Waals surface area contributed by atoms with Crippen molar-refractivity contribution >= 4 is 34.7 Å². The molecule has 0 saturated carbocycles. The first-order chi connectivity index (χ1) is 11.6. The summed E-state index contributed by atoms with van der Waals surface area (Å²) in [5, 5.41) is 6.75. The Morgan fingerprint density at radius 3 is 2.50 bits per heavy atom. The highest BCUT2D eigenvalue weighted by Gasteiger charge is 2.06.